The maximum atomic E-state index is 13.5. The van der Waals surface area contributed by atoms with E-state index in [-0.39, 0.29) is 0 Å². The maximum absolute atomic E-state index is 13.5. The highest BCUT2D eigenvalue weighted by Crippen LogP contribution is 2.54. The summed E-state index contributed by atoms with van der Waals surface area (Å²) < 4.78 is 12.4. The third-order valence-electron chi connectivity index (χ3n) is 6.42. The molecule has 0 heterocycles. The van der Waals surface area contributed by atoms with Crippen molar-refractivity contribution >= 4 is 57.8 Å². The van der Waals surface area contributed by atoms with E-state index in [1.54, 1.807) is 66.7 Å². The Labute approximate surface area is 262 Å². The first-order chi connectivity index (χ1) is 21.1. The van der Waals surface area contributed by atoms with E-state index in [0.29, 0.717) is 48.2 Å². The molecule has 0 aliphatic rings. The Kier molecular flexibility index (Phi) is 8.80. The summed E-state index contributed by atoms with van der Waals surface area (Å²) in [7, 11) is 0. The minimum absolute atomic E-state index is 0.332. The van der Waals surface area contributed by atoms with Gasteiger partial charge in [0.2, 0.25) is 0 Å². The van der Waals surface area contributed by atoms with Gasteiger partial charge in [0.05, 0.1) is 20.9 Å². The molecule has 6 rings (SSSR count). The summed E-state index contributed by atoms with van der Waals surface area (Å²) in [5, 5.41) is 1.58. The standard InChI is InChI=1S/C36H23ClO4S2/c37-26-21-22-29-30(23-26)32(41-36(39)25-15-7-2-8-16-25)34(43-28-19-11-4-12-20-28)33(42-27-17-9-3-10-18-27)31(29)40-35(38)24-13-5-1-6-14-24/h1-23H. The van der Waals surface area contributed by atoms with Crippen LogP contribution in [0.5, 0.6) is 11.5 Å². The van der Waals surface area contributed by atoms with Gasteiger partial charge in [-0.1, -0.05) is 108 Å². The Morgan fingerprint density at radius 2 is 0.884 bits per heavy atom. The highest BCUT2D eigenvalue weighted by molar-refractivity contribution is 8.02. The lowest BCUT2D eigenvalue weighted by atomic mass is 10.1. The van der Waals surface area contributed by atoms with Crippen LogP contribution >= 0.6 is 35.1 Å². The van der Waals surface area contributed by atoms with Gasteiger partial charge in [0.15, 0.2) is 11.5 Å². The van der Waals surface area contributed by atoms with Crippen LogP contribution in [0, 0.1) is 0 Å². The molecule has 210 valence electrons. The second kappa shape index (κ2) is 13.2. The van der Waals surface area contributed by atoms with Crippen LogP contribution in [0.4, 0.5) is 0 Å². The number of benzene rings is 6. The van der Waals surface area contributed by atoms with Crippen LogP contribution in [0.25, 0.3) is 10.8 Å². The Morgan fingerprint density at radius 3 is 1.33 bits per heavy atom. The zero-order chi connectivity index (χ0) is 29.6. The summed E-state index contributed by atoms with van der Waals surface area (Å²) in [6.07, 6.45) is 0. The van der Waals surface area contributed by atoms with Crippen LogP contribution in [-0.4, -0.2) is 11.9 Å². The third kappa shape index (κ3) is 6.62. The molecule has 43 heavy (non-hydrogen) atoms. The molecule has 0 radical (unpaired) electrons. The average molecular weight is 619 g/mol. The first kappa shape index (κ1) is 28.6. The molecular formula is C36H23ClO4S2. The molecule has 0 N–H and O–H groups in total. The normalized spacial score (nSPS) is 10.8. The second-order valence-electron chi connectivity index (χ2n) is 9.35. The zero-order valence-electron chi connectivity index (χ0n) is 22.6. The molecule has 6 aromatic rings. The Bertz CT molecular complexity index is 1900. The molecule has 0 saturated carbocycles. The van der Waals surface area contributed by atoms with Gasteiger partial charge in [-0.25, -0.2) is 9.59 Å². The summed E-state index contributed by atoms with van der Waals surface area (Å²) in [5.74, 6) is -0.330. The van der Waals surface area contributed by atoms with Crippen LogP contribution in [-0.2, 0) is 0 Å². The molecular weight excluding hydrogens is 596 g/mol. The SMILES string of the molecule is O=C(Oc1c(Sc2ccccc2)c(Sc2ccccc2)c(OC(=O)c2ccccc2)c2cc(Cl)ccc12)c1ccccc1. The van der Waals surface area contributed by atoms with Gasteiger partial charge in [-0.3, -0.25) is 0 Å². The fourth-order valence-corrected chi connectivity index (χ4v) is 6.75. The molecule has 0 atom stereocenters. The van der Waals surface area contributed by atoms with Gasteiger partial charge in [0.1, 0.15) is 0 Å². The van der Waals surface area contributed by atoms with Crippen LogP contribution in [0.3, 0.4) is 0 Å². The molecule has 4 nitrogen and oxygen atoms in total. The Morgan fingerprint density at radius 1 is 0.488 bits per heavy atom. The number of carbonyl (C=O) groups is 2. The number of hydrogen-bond acceptors (Lipinski definition) is 6. The number of ether oxygens (including phenoxy) is 2. The summed E-state index contributed by atoms with van der Waals surface area (Å²) in [5.41, 5.74) is 0.822. The third-order valence-corrected chi connectivity index (χ3v) is 8.99. The summed E-state index contributed by atoms with van der Waals surface area (Å²) in [6.45, 7) is 0. The fraction of sp³-hybridized carbons (Fsp3) is 0. The number of rotatable bonds is 8. The first-order valence-corrected chi connectivity index (χ1v) is 15.4. The van der Waals surface area contributed by atoms with Crippen molar-refractivity contribution in [2.75, 3.05) is 0 Å². The molecule has 0 aliphatic heterocycles. The summed E-state index contributed by atoms with van der Waals surface area (Å²) >= 11 is 9.37. The topological polar surface area (TPSA) is 52.6 Å². The van der Waals surface area contributed by atoms with Crippen LogP contribution in [0.1, 0.15) is 20.7 Å². The number of esters is 2. The van der Waals surface area contributed by atoms with E-state index in [2.05, 4.69) is 0 Å². The molecule has 0 aromatic heterocycles. The molecule has 0 bridgehead atoms. The van der Waals surface area contributed by atoms with Crippen molar-refractivity contribution in [1.29, 1.82) is 0 Å². The number of halogens is 1. The van der Waals surface area contributed by atoms with Crippen LogP contribution in [0.15, 0.2) is 159 Å². The lowest BCUT2D eigenvalue weighted by Crippen LogP contribution is -2.12. The number of carbonyl (C=O) groups excluding carboxylic acids is 2. The van der Waals surface area contributed by atoms with Gasteiger partial charge >= 0.3 is 11.9 Å². The van der Waals surface area contributed by atoms with Crippen molar-refractivity contribution < 1.29 is 19.1 Å². The molecule has 0 aliphatic carbocycles. The Balaban J connectivity index is 1.62. The smallest absolute Gasteiger partial charge is 0.343 e. The Hall–Kier alpha value is -4.49. The minimum Gasteiger partial charge on any atom is -0.421 e. The van der Waals surface area contributed by atoms with Gasteiger partial charge in [-0.2, -0.15) is 0 Å². The van der Waals surface area contributed by atoms with E-state index in [4.69, 9.17) is 21.1 Å². The van der Waals surface area contributed by atoms with E-state index in [1.807, 2.05) is 72.8 Å². The monoisotopic (exact) mass is 618 g/mol. The highest BCUT2D eigenvalue weighted by Gasteiger charge is 2.27. The summed E-state index contributed by atoms with van der Waals surface area (Å²) in [6, 6.07) is 42.5. The van der Waals surface area contributed by atoms with Crippen molar-refractivity contribution in [3.8, 4) is 11.5 Å². The highest BCUT2D eigenvalue weighted by atomic mass is 35.5. The van der Waals surface area contributed by atoms with Crippen molar-refractivity contribution in [3.05, 3.63) is 156 Å². The predicted molar refractivity (Wildman–Crippen MR) is 173 cm³/mol. The average Bonchev–Trinajstić information content (AvgIpc) is 3.05. The van der Waals surface area contributed by atoms with E-state index in [9.17, 15) is 9.59 Å². The van der Waals surface area contributed by atoms with Crippen LogP contribution < -0.4 is 9.47 Å². The van der Waals surface area contributed by atoms with Gasteiger partial charge in [0.25, 0.3) is 0 Å². The van der Waals surface area contributed by atoms with Gasteiger partial charge in [-0.05, 0) is 66.7 Å². The zero-order valence-corrected chi connectivity index (χ0v) is 25.0. The second-order valence-corrected chi connectivity index (χ2v) is 12.0. The molecule has 0 fully saturated rings. The molecule has 7 heteroatoms. The number of hydrogen-bond donors (Lipinski definition) is 0. The summed E-state index contributed by atoms with van der Waals surface area (Å²) in [4.78, 5) is 30.1. The van der Waals surface area contributed by atoms with Crippen molar-refractivity contribution in [1.82, 2.24) is 0 Å². The lowest BCUT2D eigenvalue weighted by molar-refractivity contribution is 0.0715. The van der Waals surface area contributed by atoms with Crippen LogP contribution in [0.2, 0.25) is 5.02 Å². The quantitative estimate of drug-likeness (QED) is 0.125. The first-order valence-electron chi connectivity index (χ1n) is 13.4. The lowest BCUT2D eigenvalue weighted by Gasteiger charge is -2.21. The van der Waals surface area contributed by atoms with Crippen molar-refractivity contribution in [2.45, 2.75) is 19.6 Å². The van der Waals surface area contributed by atoms with Crippen molar-refractivity contribution in [3.63, 3.8) is 0 Å². The largest absolute Gasteiger partial charge is 0.421 e. The minimum atomic E-state index is -0.513. The van der Waals surface area contributed by atoms with Gasteiger partial charge < -0.3 is 9.47 Å². The molecule has 0 unspecified atom stereocenters. The molecule has 0 amide bonds. The van der Waals surface area contributed by atoms with E-state index in [1.165, 1.54) is 23.5 Å². The van der Waals surface area contributed by atoms with E-state index >= 15 is 0 Å². The molecule has 0 spiro atoms. The fourth-order valence-electron chi connectivity index (χ4n) is 4.41. The van der Waals surface area contributed by atoms with E-state index in [0.717, 1.165) is 9.79 Å². The van der Waals surface area contributed by atoms with E-state index < -0.39 is 11.9 Å². The maximum Gasteiger partial charge on any atom is 0.343 e. The predicted octanol–water partition coefficient (Wildman–Crippen LogP) is 10.2. The molecule has 6 aromatic carbocycles. The van der Waals surface area contributed by atoms with Gasteiger partial charge in [-0.15, -0.1) is 0 Å². The van der Waals surface area contributed by atoms with Gasteiger partial charge in [0, 0.05) is 25.6 Å². The number of fused-ring (bicyclic) bond motifs is 1. The molecule has 0 saturated heterocycles. The van der Waals surface area contributed by atoms with Crippen molar-refractivity contribution in [2.24, 2.45) is 0 Å².